The average molecular weight is 344 g/mol. The minimum absolute atomic E-state index is 0.188. The number of nitrogens with one attached hydrogen (secondary N) is 2. The van der Waals surface area contributed by atoms with Crippen LogP contribution in [-0.2, 0) is 18.3 Å². The number of carbonyl (C=O) groups is 1. The van der Waals surface area contributed by atoms with Crippen LogP contribution in [0.1, 0.15) is 25.1 Å². The van der Waals surface area contributed by atoms with Crippen LogP contribution in [0, 0.1) is 23.6 Å². The number of rotatable bonds is 5. The molecule has 1 aromatic carbocycles. The summed E-state index contributed by atoms with van der Waals surface area (Å²) in [5, 5.41) is 6.44. The van der Waals surface area contributed by atoms with Crippen LogP contribution in [0.4, 0.5) is 4.39 Å². The van der Waals surface area contributed by atoms with Gasteiger partial charge in [-0.3, -0.25) is 4.79 Å². The number of piperidine rings is 1. The number of aryl methyl sites for hydroxylation is 1. The summed E-state index contributed by atoms with van der Waals surface area (Å²) in [5.41, 5.74) is 1.58. The third-order valence-electron chi connectivity index (χ3n) is 5.75. The van der Waals surface area contributed by atoms with Gasteiger partial charge in [-0.25, -0.2) is 9.37 Å². The molecule has 0 unspecified atom stereocenters. The first-order chi connectivity index (χ1) is 12.1. The van der Waals surface area contributed by atoms with E-state index in [9.17, 15) is 9.18 Å². The molecule has 0 radical (unpaired) electrons. The molecule has 1 aliphatic heterocycles. The molecular weight excluding hydrogens is 319 g/mol. The summed E-state index contributed by atoms with van der Waals surface area (Å²) in [6.07, 6.45) is 4.10. The standard InChI is InChI=1S/C19H25FN4O/c1-24-17-3-2-13(20)10-16(17)23-18(24)6-9-22-19(25)15-11-14(15)12-4-7-21-8-5-12/h2-3,10,12,14-15,21H,4-9,11H2,1H3,(H,22,25)/t14-,15+/m0/s1. The van der Waals surface area contributed by atoms with Gasteiger partial charge in [0.05, 0.1) is 11.0 Å². The number of carbonyl (C=O) groups excluding carboxylic acids is 1. The van der Waals surface area contributed by atoms with Crippen LogP contribution in [0.15, 0.2) is 18.2 Å². The third-order valence-corrected chi connectivity index (χ3v) is 5.75. The summed E-state index contributed by atoms with van der Waals surface area (Å²) in [6, 6.07) is 4.64. The van der Waals surface area contributed by atoms with Crippen molar-refractivity contribution in [3.8, 4) is 0 Å². The van der Waals surface area contributed by atoms with E-state index in [-0.39, 0.29) is 17.6 Å². The molecule has 5 nitrogen and oxygen atoms in total. The van der Waals surface area contributed by atoms with Crippen molar-refractivity contribution in [2.45, 2.75) is 25.7 Å². The molecule has 1 saturated carbocycles. The molecule has 1 saturated heterocycles. The first-order valence-electron chi connectivity index (χ1n) is 9.23. The third kappa shape index (κ3) is 3.40. The van der Waals surface area contributed by atoms with Gasteiger partial charge in [0.2, 0.25) is 5.91 Å². The van der Waals surface area contributed by atoms with E-state index in [2.05, 4.69) is 15.6 Å². The Labute approximate surface area is 147 Å². The second kappa shape index (κ2) is 6.75. The van der Waals surface area contributed by atoms with Crippen molar-refractivity contribution >= 4 is 16.9 Å². The SMILES string of the molecule is Cn1c(CCNC(=O)[C@@H]2C[C@H]2C2CCNCC2)nc2cc(F)ccc21. The van der Waals surface area contributed by atoms with Crippen LogP contribution >= 0.6 is 0 Å². The maximum absolute atomic E-state index is 13.3. The summed E-state index contributed by atoms with van der Waals surface area (Å²) in [5.74, 6) is 2.29. The van der Waals surface area contributed by atoms with E-state index in [1.54, 1.807) is 6.07 Å². The van der Waals surface area contributed by atoms with E-state index in [0.29, 0.717) is 30.3 Å². The number of aromatic nitrogens is 2. The fourth-order valence-corrected chi connectivity index (χ4v) is 4.18. The lowest BCUT2D eigenvalue weighted by Crippen LogP contribution is -2.31. The van der Waals surface area contributed by atoms with Crippen molar-refractivity contribution in [3.63, 3.8) is 0 Å². The van der Waals surface area contributed by atoms with Gasteiger partial charge < -0.3 is 15.2 Å². The largest absolute Gasteiger partial charge is 0.355 e. The van der Waals surface area contributed by atoms with Crippen molar-refractivity contribution in [2.75, 3.05) is 19.6 Å². The zero-order valence-corrected chi connectivity index (χ0v) is 14.6. The Bertz CT molecular complexity index is 781. The molecule has 2 heterocycles. The Morgan fingerprint density at radius 3 is 3.00 bits per heavy atom. The summed E-state index contributed by atoms with van der Waals surface area (Å²) >= 11 is 0. The number of halogens is 1. The Morgan fingerprint density at radius 1 is 1.40 bits per heavy atom. The molecular formula is C19H25FN4O. The van der Waals surface area contributed by atoms with E-state index in [1.807, 2.05) is 11.6 Å². The lowest BCUT2D eigenvalue weighted by atomic mass is 9.92. The predicted molar refractivity (Wildman–Crippen MR) is 94.6 cm³/mol. The molecule has 1 aliphatic carbocycles. The lowest BCUT2D eigenvalue weighted by molar-refractivity contribution is -0.122. The normalized spacial score (nSPS) is 23.8. The van der Waals surface area contributed by atoms with Gasteiger partial charge in [0.1, 0.15) is 11.6 Å². The Kier molecular flexibility index (Phi) is 4.46. The van der Waals surface area contributed by atoms with Crippen molar-refractivity contribution in [1.82, 2.24) is 20.2 Å². The van der Waals surface area contributed by atoms with Crippen molar-refractivity contribution < 1.29 is 9.18 Å². The average Bonchev–Trinajstić information content (AvgIpc) is 3.36. The second-order valence-electron chi connectivity index (χ2n) is 7.35. The molecule has 1 amide bonds. The summed E-state index contributed by atoms with van der Waals surface area (Å²) in [4.78, 5) is 16.8. The topological polar surface area (TPSA) is 59.0 Å². The number of hydrogen-bond donors (Lipinski definition) is 2. The summed E-state index contributed by atoms with van der Waals surface area (Å²) in [6.45, 7) is 2.75. The van der Waals surface area contributed by atoms with Gasteiger partial charge in [0.15, 0.2) is 0 Å². The van der Waals surface area contributed by atoms with Gasteiger partial charge in [0, 0.05) is 32.0 Å². The highest BCUT2D eigenvalue weighted by atomic mass is 19.1. The molecule has 1 aromatic heterocycles. The Balaban J connectivity index is 1.29. The van der Waals surface area contributed by atoms with Gasteiger partial charge >= 0.3 is 0 Å². The minimum Gasteiger partial charge on any atom is -0.355 e. The highest BCUT2D eigenvalue weighted by Crippen LogP contribution is 2.47. The van der Waals surface area contributed by atoms with Crippen LogP contribution in [-0.4, -0.2) is 35.1 Å². The molecule has 2 aliphatic rings. The predicted octanol–water partition coefficient (Wildman–Crippen LogP) is 2.01. The zero-order chi connectivity index (χ0) is 17.4. The zero-order valence-electron chi connectivity index (χ0n) is 14.6. The van der Waals surface area contributed by atoms with Gasteiger partial charge in [-0.15, -0.1) is 0 Å². The van der Waals surface area contributed by atoms with E-state index >= 15 is 0 Å². The highest BCUT2D eigenvalue weighted by molar-refractivity contribution is 5.81. The molecule has 6 heteroatoms. The molecule has 2 N–H and O–H groups in total. The smallest absolute Gasteiger partial charge is 0.223 e. The van der Waals surface area contributed by atoms with Crippen LogP contribution in [0.2, 0.25) is 0 Å². The number of imidazole rings is 1. The molecule has 2 aromatic rings. The fourth-order valence-electron chi connectivity index (χ4n) is 4.18. The maximum Gasteiger partial charge on any atom is 0.223 e. The molecule has 2 fully saturated rings. The number of nitrogens with zero attached hydrogens (tertiary/aromatic N) is 2. The molecule has 134 valence electrons. The maximum atomic E-state index is 13.3. The van der Waals surface area contributed by atoms with Crippen molar-refractivity contribution in [1.29, 1.82) is 0 Å². The molecule has 4 rings (SSSR count). The van der Waals surface area contributed by atoms with Crippen LogP contribution < -0.4 is 10.6 Å². The van der Waals surface area contributed by atoms with Gasteiger partial charge in [-0.1, -0.05) is 0 Å². The molecule has 0 spiro atoms. The minimum atomic E-state index is -0.275. The van der Waals surface area contributed by atoms with Crippen LogP contribution in [0.3, 0.4) is 0 Å². The quantitative estimate of drug-likeness (QED) is 0.872. The molecule has 25 heavy (non-hydrogen) atoms. The number of hydrogen-bond acceptors (Lipinski definition) is 3. The van der Waals surface area contributed by atoms with E-state index in [4.69, 9.17) is 0 Å². The monoisotopic (exact) mass is 344 g/mol. The second-order valence-corrected chi connectivity index (χ2v) is 7.35. The molecule has 2 atom stereocenters. The van der Waals surface area contributed by atoms with E-state index in [0.717, 1.165) is 30.9 Å². The van der Waals surface area contributed by atoms with Gasteiger partial charge in [-0.2, -0.15) is 0 Å². The Morgan fingerprint density at radius 2 is 2.20 bits per heavy atom. The van der Waals surface area contributed by atoms with E-state index < -0.39 is 0 Å². The van der Waals surface area contributed by atoms with Gasteiger partial charge in [-0.05, 0) is 56.3 Å². The summed E-state index contributed by atoms with van der Waals surface area (Å²) < 4.78 is 15.3. The van der Waals surface area contributed by atoms with E-state index in [1.165, 1.54) is 25.0 Å². The first kappa shape index (κ1) is 16.5. The summed E-state index contributed by atoms with van der Waals surface area (Å²) in [7, 11) is 1.93. The Hall–Kier alpha value is -1.95. The number of amides is 1. The van der Waals surface area contributed by atoms with Gasteiger partial charge in [0.25, 0.3) is 0 Å². The first-order valence-corrected chi connectivity index (χ1v) is 9.23. The fraction of sp³-hybridized carbons (Fsp3) is 0.579. The number of benzene rings is 1. The van der Waals surface area contributed by atoms with Crippen LogP contribution in [0.5, 0.6) is 0 Å². The highest BCUT2D eigenvalue weighted by Gasteiger charge is 2.47. The lowest BCUT2D eigenvalue weighted by Gasteiger charge is -2.22. The van der Waals surface area contributed by atoms with Crippen LogP contribution in [0.25, 0.3) is 11.0 Å². The van der Waals surface area contributed by atoms with Crippen molar-refractivity contribution in [2.24, 2.45) is 24.8 Å². The molecule has 0 bridgehead atoms. The van der Waals surface area contributed by atoms with Crippen molar-refractivity contribution in [3.05, 3.63) is 29.8 Å². The number of fused-ring (bicyclic) bond motifs is 1.